The van der Waals surface area contributed by atoms with Crippen LogP contribution in [0.5, 0.6) is 0 Å². The number of nitrogen functional groups attached to an aromatic ring is 1. The summed E-state index contributed by atoms with van der Waals surface area (Å²) in [5.74, 6) is 0. The van der Waals surface area contributed by atoms with Crippen molar-refractivity contribution in [2.45, 2.75) is 26.0 Å². The lowest BCUT2D eigenvalue weighted by Gasteiger charge is -2.03. The molecule has 1 aromatic carbocycles. The normalized spacial score (nSPS) is 12.6. The third-order valence-electron chi connectivity index (χ3n) is 2.65. The molecule has 0 saturated heterocycles. The van der Waals surface area contributed by atoms with E-state index in [-0.39, 0.29) is 6.10 Å². The number of aliphatic hydroxyl groups is 1. The number of hydrogen-bond donors (Lipinski definition) is 2. The number of rotatable bonds is 4. The number of hydrogen-bond acceptors (Lipinski definition) is 3. The molecule has 0 aliphatic heterocycles. The van der Waals surface area contributed by atoms with Crippen molar-refractivity contribution in [1.82, 2.24) is 9.78 Å². The largest absolute Gasteiger partial charge is 0.399 e. The Morgan fingerprint density at radius 2 is 2.00 bits per heavy atom. The molecule has 3 N–H and O–H groups in total. The van der Waals surface area contributed by atoms with Gasteiger partial charge < -0.3 is 10.8 Å². The average molecular weight is 231 g/mol. The van der Waals surface area contributed by atoms with E-state index in [4.69, 9.17) is 5.73 Å². The minimum Gasteiger partial charge on any atom is -0.399 e. The second-order valence-electron chi connectivity index (χ2n) is 4.25. The average Bonchev–Trinajstić information content (AvgIpc) is 2.76. The zero-order chi connectivity index (χ0) is 12.3. The van der Waals surface area contributed by atoms with Crippen LogP contribution in [-0.4, -0.2) is 21.0 Å². The molecule has 4 nitrogen and oxygen atoms in total. The van der Waals surface area contributed by atoms with E-state index in [1.165, 1.54) is 0 Å². The van der Waals surface area contributed by atoms with Gasteiger partial charge in [-0.05, 0) is 31.0 Å². The SMILES string of the molecule is CC(O)CCn1cc(-c2ccc(N)cc2)cn1. The first-order valence-electron chi connectivity index (χ1n) is 5.71. The molecular weight excluding hydrogens is 214 g/mol. The molecule has 0 aliphatic rings. The highest BCUT2D eigenvalue weighted by atomic mass is 16.3. The third-order valence-corrected chi connectivity index (χ3v) is 2.65. The van der Waals surface area contributed by atoms with Crippen molar-refractivity contribution in [1.29, 1.82) is 0 Å². The van der Waals surface area contributed by atoms with E-state index in [1.54, 1.807) is 6.92 Å². The molecule has 1 heterocycles. The van der Waals surface area contributed by atoms with Crippen LogP contribution in [0.1, 0.15) is 13.3 Å². The smallest absolute Gasteiger partial charge is 0.0568 e. The van der Waals surface area contributed by atoms with Crippen molar-refractivity contribution in [2.24, 2.45) is 0 Å². The van der Waals surface area contributed by atoms with Crippen molar-refractivity contribution in [3.63, 3.8) is 0 Å². The Morgan fingerprint density at radius 1 is 1.29 bits per heavy atom. The van der Waals surface area contributed by atoms with Gasteiger partial charge in [-0.3, -0.25) is 4.68 Å². The van der Waals surface area contributed by atoms with Crippen molar-refractivity contribution in [3.8, 4) is 11.1 Å². The third kappa shape index (κ3) is 3.07. The molecule has 0 amide bonds. The molecular formula is C13H17N3O. The maximum absolute atomic E-state index is 9.21. The molecule has 0 aliphatic carbocycles. The van der Waals surface area contributed by atoms with Crippen LogP contribution in [0, 0.1) is 0 Å². The molecule has 2 rings (SSSR count). The van der Waals surface area contributed by atoms with Gasteiger partial charge in [0.05, 0.1) is 12.3 Å². The monoisotopic (exact) mass is 231 g/mol. The van der Waals surface area contributed by atoms with Gasteiger partial charge in [-0.1, -0.05) is 12.1 Å². The minimum atomic E-state index is -0.292. The number of anilines is 1. The quantitative estimate of drug-likeness (QED) is 0.790. The maximum Gasteiger partial charge on any atom is 0.0568 e. The summed E-state index contributed by atoms with van der Waals surface area (Å²) < 4.78 is 1.85. The summed E-state index contributed by atoms with van der Waals surface area (Å²) in [6, 6.07) is 7.71. The van der Waals surface area contributed by atoms with E-state index in [9.17, 15) is 5.11 Å². The van der Waals surface area contributed by atoms with Gasteiger partial charge in [-0.25, -0.2) is 0 Å². The zero-order valence-electron chi connectivity index (χ0n) is 9.87. The van der Waals surface area contributed by atoms with Gasteiger partial charge in [0.15, 0.2) is 0 Å². The molecule has 1 unspecified atom stereocenters. The number of aryl methyl sites for hydroxylation is 1. The highest BCUT2D eigenvalue weighted by Crippen LogP contribution is 2.19. The van der Waals surface area contributed by atoms with Crippen LogP contribution >= 0.6 is 0 Å². The lowest BCUT2D eigenvalue weighted by Crippen LogP contribution is -2.06. The molecule has 0 spiro atoms. The van der Waals surface area contributed by atoms with Crippen molar-refractivity contribution >= 4 is 5.69 Å². The summed E-state index contributed by atoms with van der Waals surface area (Å²) in [5, 5.41) is 13.5. The Bertz CT molecular complexity index is 474. The number of benzene rings is 1. The fraction of sp³-hybridized carbons (Fsp3) is 0.308. The van der Waals surface area contributed by atoms with Crippen molar-refractivity contribution in [2.75, 3.05) is 5.73 Å². The summed E-state index contributed by atoms with van der Waals surface area (Å²) in [6.45, 7) is 2.51. The van der Waals surface area contributed by atoms with Crippen LogP contribution in [0.15, 0.2) is 36.7 Å². The van der Waals surface area contributed by atoms with Crippen LogP contribution in [0.4, 0.5) is 5.69 Å². The van der Waals surface area contributed by atoms with Crippen molar-refractivity contribution in [3.05, 3.63) is 36.7 Å². The Kier molecular flexibility index (Phi) is 3.44. The Balaban J connectivity index is 2.10. The van der Waals surface area contributed by atoms with Crippen LogP contribution in [0.2, 0.25) is 0 Å². The molecule has 2 aromatic rings. The van der Waals surface area contributed by atoms with Crippen LogP contribution in [0.3, 0.4) is 0 Å². The van der Waals surface area contributed by atoms with Crippen molar-refractivity contribution < 1.29 is 5.11 Å². The van der Waals surface area contributed by atoms with Gasteiger partial charge in [-0.2, -0.15) is 5.10 Å². The lowest BCUT2D eigenvalue weighted by atomic mass is 10.1. The Labute approximate surface area is 101 Å². The molecule has 1 atom stereocenters. The van der Waals surface area contributed by atoms with E-state index < -0.39 is 0 Å². The highest BCUT2D eigenvalue weighted by molar-refractivity contribution is 5.63. The molecule has 4 heteroatoms. The maximum atomic E-state index is 9.21. The fourth-order valence-corrected chi connectivity index (χ4v) is 1.63. The number of nitrogens with two attached hydrogens (primary N) is 1. The Morgan fingerprint density at radius 3 is 2.65 bits per heavy atom. The summed E-state index contributed by atoms with van der Waals surface area (Å²) in [6.07, 6.45) is 4.23. The first-order chi connectivity index (χ1) is 8.15. The van der Waals surface area contributed by atoms with Gasteiger partial charge in [0.25, 0.3) is 0 Å². The first-order valence-corrected chi connectivity index (χ1v) is 5.71. The zero-order valence-corrected chi connectivity index (χ0v) is 9.87. The second kappa shape index (κ2) is 5.01. The standard InChI is InChI=1S/C13H17N3O/c1-10(17)6-7-16-9-12(8-15-16)11-2-4-13(14)5-3-11/h2-5,8-10,17H,6-7,14H2,1H3. The predicted octanol–water partition coefficient (Wildman–Crippen LogP) is 1.90. The lowest BCUT2D eigenvalue weighted by molar-refractivity contribution is 0.176. The Hall–Kier alpha value is -1.81. The van der Waals surface area contributed by atoms with E-state index in [1.807, 2.05) is 41.3 Å². The summed E-state index contributed by atoms with van der Waals surface area (Å²) in [4.78, 5) is 0. The number of aliphatic hydroxyl groups excluding tert-OH is 1. The van der Waals surface area contributed by atoms with E-state index >= 15 is 0 Å². The summed E-state index contributed by atoms with van der Waals surface area (Å²) in [7, 11) is 0. The molecule has 90 valence electrons. The number of nitrogens with zero attached hydrogens (tertiary/aromatic N) is 2. The van der Waals surface area contributed by atoms with Gasteiger partial charge in [-0.15, -0.1) is 0 Å². The van der Waals surface area contributed by atoms with Crippen LogP contribution < -0.4 is 5.73 Å². The highest BCUT2D eigenvalue weighted by Gasteiger charge is 2.02. The molecule has 0 bridgehead atoms. The van der Waals surface area contributed by atoms with E-state index in [0.29, 0.717) is 6.42 Å². The minimum absolute atomic E-state index is 0.292. The first kappa shape index (κ1) is 11.7. The fourth-order valence-electron chi connectivity index (χ4n) is 1.63. The molecule has 0 saturated carbocycles. The number of aromatic nitrogens is 2. The van der Waals surface area contributed by atoms with Crippen LogP contribution in [-0.2, 0) is 6.54 Å². The molecule has 17 heavy (non-hydrogen) atoms. The van der Waals surface area contributed by atoms with Gasteiger partial charge in [0, 0.05) is 24.0 Å². The summed E-state index contributed by atoms with van der Waals surface area (Å²) in [5.41, 5.74) is 8.57. The topological polar surface area (TPSA) is 64.1 Å². The van der Waals surface area contributed by atoms with E-state index in [0.717, 1.165) is 23.4 Å². The van der Waals surface area contributed by atoms with E-state index in [2.05, 4.69) is 5.10 Å². The predicted molar refractivity (Wildman–Crippen MR) is 68.4 cm³/mol. The van der Waals surface area contributed by atoms with Gasteiger partial charge in [0.2, 0.25) is 0 Å². The van der Waals surface area contributed by atoms with Gasteiger partial charge in [0.1, 0.15) is 0 Å². The summed E-state index contributed by atoms with van der Waals surface area (Å²) >= 11 is 0. The molecule has 1 aromatic heterocycles. The molecule has 0 radical (unpaired) electrons. The van der Waals surface area contributed by atoms with Crippen LogP contribution in [0.25, 0.3) is 11.1 Å². The molecule has 0 fully saturated rings. The second-order valence-corrected chi connectivity index (χ2v) is 4.25. The van der Waals surface area contributed by atoms with Gasteiger partial charge >= 0.3 is 0 Å².